The Balaban J connectivity index is 2.12. The molecule has 0 aromatic carbocycles. The molecule has 3 saturated heterocycles. The zero-order valence-corrected chi connectivity index (χ0v) is 32.9. The summed E-state index contributed by atoms with van der Waals surface area (Å²) in [5.74, 6) is -2.29. The Bertz CT molecular complexity index is 1080. The lowest BCUT2D eigenvalue weighted by Crippen LogP contribution is -2.59. The topological polar surface area (TPSA) is 169 Å². The van der Waals surface area contributed by atoms with E-state index in [9.17, 15) is 25.2 Å². The summed E-state index contributed by atoms with van der Waals surface area (Å²) in [6, 6.07) is -0.344. The van der Waals surface area contributed by atoms with Crippen LogP contribution in [-0.4, -0.2) is 143 Å². The van der Waals surface area contributed by atoms with E-state index in [0.29, 0.717) is 19.4 Å². The van der Waals surface area contributed by atoms with Crippen LogP contribution in [0.4, 0.5) is 0 Å². The molecule has 0 bridgehead atoms. The number of hydrogen-bond acceptors (Lipinski definition) is 13. The van der Waals surface area contributed by atoms with Crippen molar-refractivity contribution < 1.29 is 53.6 Å². The molecule has 50 heavy (non-hydrogen) atoms. The quantitative estimate of drug-likeness (QED) is 0.244. The van der Waals surface area contributed by atoms with Gasteiger partial charge in [0, 0.05) is 38.0 Å². The van der Waals surface area contributed by atoms with E-state index in [1.807, 2.05) is 34.9 Å². The third kappa shape index (κ3) is 10.2. The highest BCUT2D eigenvalue weighted by molar-refractivity contribution is 5.73. The van der Waals surface area contributed by atoms with Gasteiger partial charge in [-0.05, 0) is 94.3 Å². The first-order valence-electron chi connectivity index (χ1n) is 18.7. The number of cyclic esters (lactones) is 1. The van der Waals surface area contributed by atoms with Crippen molar-refractivity contribution in [1.82, 2.24) is 10.2 Å². The number of aliphatic hydroxyl groups is 4. The van der Waals surface area contributed by atoms with Gasteiger partial charge in [-0.15, -0.1) is 0 Å². The minimum atomic E-state index is -1.77. The van der Waals surface area contributed by atoms with Gasteiger partial charge in [0.1, 0.15) is 23.9 Å². The Kier molecular flexibility index (Phi) is 15.2. The summed E-state index contributed by atoms with van der Waals surface area (Å²) in [7, 11) is 5.59. The molecular weight excluding hydrogens is 648 g/mol. The van der Waals surface area contributed by atoms with Crippen LogP contribution in [0, 0.1) is 17.8 Å². The second-order valence-corrected chi connectivity index (χ2v) is 16.6. The molecule has 0 aliphatic carbocycles. The maximum absolute atomic E-state index is 14.1. The van der Waals surface area contributed by atoms with E-state index in [1.54, 1.807) is 41.5 Å². The largest absolute Gasteiger partial charge is 0.459 e. The molecule has 13 heteroatoms. The van der Waals surface area contributed by atoms with Crippen molar-refractivity contribution in [1.29, 1.82) is 0 Å². The average molecular weight is 719 g/mol. The predicted molar refractivity (Wildman–Crippen MR) is 188 cm³/mol. The van der Waals surface area contributed by atoms with E-state index >= 15 is 0 Å². The fourth-order valence-corrected chi connectivity index (χ4v) is 8.31. The maximum Gasteiger partial charge on any atom is 0.311 e. The molecular formula is C37H70N2O11. The van der Waals surface area contributed by atoms with Crippen molar-refractivity contribution in [3.63, 3.8) is 0 Å². The van der Waals surface area contributed by atoms with Crippen molar-refractivity contribution in [2.75, 3.05) is 27.7 Å². The zero-order valence-electron chi connectivity index (χ0n) is 32.9. The van der Waals surface area contributed by atoms with Gasteiger partial charge in [-0.3, -0.25) is 4.79 Å². The predicted octanol–water partition coefficient (Wildman–Crippen LogP) is 2.59. The Morgan fingerprint density at radius 3 is 2.14 bits per heavy atom. The Hall–Kier alpha value is -0.970. The third-order valence-electron chi connectivity index (χ3n) is 11.6. The standard InChI is InChI=1S/C37H70N2O11/c1-14-27-37(10,44)31(40)24(6)38-19-20(2)17-35(8,43)33(50-28-16-26(39(11)12)15-21(3)46-28)22(4)30(23(5)34(42)48-27)49-29-18-36(9,45-13)32(41)25(7)47-29/h20-33,38,40-41,43-44H,14-19H2,1-13H3/t20-,21-,22+,23-,24-,25+,26+,27-,28+,29+,30+,31-,32?,33-,35-,36-,37-/m1/s1. The molecule has 0 aromatic heterocycles. The highest BCUT2D eigenvalue weighted by atomic mass is 16.7. The molecule has 3 aliphatic rings. The Morgan fingerprint density at radius 1 is 0.920 bits per heavy atom. The zero-order chi connectivity index (χ0) is 37.9. The van der Waals surface area contributed by atoms with Crippen LogP contribution < -0.4 is 5.32 Å². The van der Waals surface area contributed by atoms with Gasteiger partial charge in [0.05, 0.1) is 41.5 Å². The summed E-state index contributed by atoms with van der Waals surface area (Å²) in [6.45, 7) is 18.3. The summed E-state index contributed by atoms with van der Waals surface area (Å²) in [5, 5.41) is 49.5. The number of nitrogens with zero attached hydrogens (tertiary/aromatic N) is 1. The minimum absolute atomic E-state index is 0.0744. The van der Waals surface area contributed by atoms with Gasteiger partial charge in [0.15, 0.2) is 12.6 Å². The van der Waals surface area contributed by atoms with Crippen LogP contribution >= 0.6 is 0 Å². The molecule has 3 rings (SSSR count). The fraction of sp³-hybridized carbons (Fsp3) is 0.973. The average Bonchev–Trinajstić information content (AvgIpc) is 3.04. The smallest absolute Gasteiger partial charge is 0.311 e. The first-order chi connectivity index (χ1) is 23.1. The molecule has 3 fully saturated rings. The molecule has 0 amide bonds. The summed E-state index contributed by atoms with van der Waals surface area (Å²) in [5.41, 5.74) is -4.18. The van der Waals surface area contributed by atoms with Gasteiger partial charge in [0.25, 0.3) is 0 Å². The first kappa shape index (κ1) is 43.4. The lowest BCUT2D eigenvalue weighted by Gasteiger charge is -2.48. The maximum atomic E-state index is 14.1. The molecule has 3 heterocycles. The van der Waals surface area contributed by atoms with Crippen LogP contribution in [0.15, 0.2) is 0 Å². The van der Waals surface area contributed by atoms with Crippen LogP contribution in [0.3, 0.4) is 0 Å². The molecule has 294 valence electrons. The van der Waals surface area contributed by atoms with E-state index in [-0.39, 0.29) is 30.9 Å². The van der Waals surface area contributed by atoms with E-state index in [1.165, 1.54) is 14.0 Å². The van der Waals surface area contributed by atoms with Crippen molar-refractivity contribution in [3.8, 4) is 0 Å². The van der Waals surface area contributed by atoms with Crippen molar-refractivity contribution >= 4 is 5.97 Å². The number of methoxy groups -OCH3 is 1. The molecule has 0 saturated carbocycles. The lowest BCUT2D eigenvalue weighted by atomic mass is 9.77. The summed E-state index contributed by atoms with van der Waals surface area (Å²) in [6.07, 6.45) is -5.05. The van der Waals surface area contributed by atoms with E-state index in [0.717, 1.165) is 6.42 Å². The molecule has 1 unspecified atom stereocenters. The first-order valence-corrected chi connectivity index (χ1v) is 18.7. The van der Waals surface area contributed by atoms with Crippen LogP contribution in [0.25, 0.3) is 0 Å². The highest BCUT2D eigenvalue weighted by Gasteiger charge is 2.51. The number of rotatable bonds is 7. The Morgan fingerprint density at radius 2 is 1.56 bits per heavy atom. The number of hydrogen-bond donors (Lipinski definition) is 5. The molecule has 17 atom stereocenters. The Labute approximate surface area is 300 Å². The van der Waals surface area contributed by atoms with Gasteiger partial charge in [-0.1, -0.05) is 20.8 Å². The van der Waals surface area contributed by atoms with Gasteiger partial charge in [-0.2, -0.15) is 0 Å². The second-order valence-electron chi connectivity index (χ2n) is 16.6. The van der Waals surface area contributed by atoms with Crippen LogP contribution in [0.2, 0.25) is 0 Å². The third-order valence-corrected chi connectivity index (χ3v) is 11.6. The fourth-order valence-electron chi connectivity index (χ4n) is 8.31. The summed E-state index contributed by atoms with van der Waals surface area (Å²) in [4.78, 5) is 16.3. The van der Waals surface area contributed by atoms with Crippen LogP contribution in [0.5, 0.6) is 0 Å². The molecule has 13 nitrogen and oxygen atoms in total. The summed E-state index contributed by atoms with van der Waals surface area (Å²) >= 11 is 0. The van der Waals surface area contributed by atoms with Crippen molar-refractivity contribution in [3.05, 3.63) is 0 Å². The van der Waals surface area contributed by atoms with Gasteiger partial charge in [0.2, 0.25) is 0 Å². The molecule has 0 spiro atoms. The minimum Gasteiger partial charge on any atom is -0.459 e. The number of ether oxygens (including phenoxy) is 6. The van der Waals surface area contributed by atoms with Crippen LogP contribution in [0.1, 0.15) is 101 Å². The molecule has 0 aromatic rings. The van der Waals surface area contributed by atoms with Gasteiger partial charge in [-0.25, -0.2) is 0 Å². The SMILES string of the molecule is CC[C@H]1OC(=O)[C@H](C)[C@@H](O[C@H]2C[C@@](C)(OC)C(O)[C@H](C)O2)[C@H](C)[C@@H](O[C@H]2C[C@@H](N(C)C)C[C@@H](C)O2)[C@](C)(O)C[C@@H](C)CN[C@H](C)[C@@H](O)[C@]1(C)O. The monoisotopic (exact) mass is 718 g/mol. The molecule has 5 N–H and O–H groups in total. The second kappa shape index (κ2) is 17.4. The number of carbonyl (C=O) groups is 1. The van der Waals surface area contributed by atoms with Gasteiger partial charge >= 0.3 is 5.97 Å². The van der Waals surface area contributed by atoms with Crippen molar-refractivity contribution in [2.24, 2.45) is 17.8 Å². The van der Waals surface area contributed by atoms with E-state index in [4.69, 9.17) is 28.4 Å². The van der Waals surface area contributed by atoms with E-state index < -0.39 is 89.9 Å². The number of carbonyl (C=O) groups excluding carboxylic acids is 1. The number of esters is 1. The van der Waals surface area contributed by atoms with Gasteiger partial charge < -0.3 is 59.1 Å². The molecule has 0 radical (unpaired) electrons. The normalized spacial score (nSPS) is 49.2. The number of aliphatic hydroxyl groups excluding tert-OH is 2. The number of nitrogens with one attached hydrogen (secondary N) is 1. The summed E-state index contributed by atoms with van der Waals surface area (Å²) < 4.78 is 37.8. The highest BCUT2D eigenvalue weighted by Crippen LogP contribution is 2.39. The molecule has 3 aliphatic heterocycles. The van der Waals surface area contributed by atoms with E-state index in [2.05, 4.69) is 10.2 Å². The van der Waals surface area contributed by atoms with Crippen LogP contribution in [-0.2, 0) is 33.2 Å². The van der Waals surface area contributed by atoms with Crippen molar-refractivity contribution in [2.45, 2.75) is 186 Å². The lowest BCUT2D eigenvalue weighted by molar-refractivity contribution is -0.308.